The minimum Gasteiger partial charge on any atom is -0.488 e. The largest absolute Gasteiger partial charge is 0.488 e. The van der Waals surface area contributed by atoms with E-state index in [1.165, 1.54) is 26.6 Å². The number of carbonyl (C=O) groups excluding carboxylic acids is 2. The number of methoxy groups -OCH3 is 2. The fourth-order valence-electron chi connectivity index (χ4n) is 9.64. The Hall–Kier alpha value is -7.20. The first-order chi connectivity index (χ1) is 36.0. The number of hydrogen-bond donors (Lipinski definition) is 0. The molecule has 2 aliphatic heterocycles. The minimum absolute atomic E-state index is 0.147. The molecule has 74 heavy (non-hydrogen) atoms. The highest BCUT2D eigenvalue weighted by Gasteiger charge is 2.32. The van der Waals surface area contributed by atoms with Gasteiger partial charge in [0, 0.05) is 72.3 Å². The second-order valence-electron chi connectivity index (χ2n) is 18.5. The van der Waals surface area contributed by atoms with E-state index in [1.807, 2.05) is 36.4 Å². The van der Waals surface area contributed by atoms with Gasteiger partial charge in [-0.2, -0.15) is 10.5 Å². The summed E-state index contributed by atoms with van der Waals surface area (Å²) < 4.78 is 36.1. The summed E-state index contributed by atoms with van der Waals surface area (Å²) in [6.07, 6.45) is 11.5. The lowest BCUT2D eigenvalue weighted by atomic mass is 9.92. The van der Waals surface area contributed by atoms with Gasteiger partial charge in [-0.15, -0.1) is 0 Å². The maximum absolute atomic E-state index is 12.8. The molecule has 0 unspecified atom stereocenters. The van der Waals surface area contributed by atoms with Crippen LogP contribution in [0.2, 0.25) is 10.0 Å². The molecule has 2 aliphatic rings. The third-order valence-electron chi connectivity index (χ3n) is 13.7. The number of benzene rings is 4. The van der Waals surface area contributed by atoms with Gasteiger partial charge in [0.2, 0.25) is 0 Å². The minimum atomic E-state index is -0.380. The smallest absolute Gasteiger partial charge is 0.323 e. The van der Waals surface area contributed by atoms with Gasteiger partial charge < -0.3 is 28.4 Å². The molecule has 0 aliphatic carbocycles. The van der Waals surface area contributed by atoms with Gasteiger partial charge in [-0.1, -0.05) is 72.4 Å². The summed E-state index contributed by atoms with van der Waals surface area (Å²) in [6.45, 7) is 7.11. The number of aromatic nitrogens is 2. The Kier molecular flexibility index (Phi) is 18.1. The Bertz CT molecular complexity index is 2880. The van der Waals surface area contributed by atoms with Gasteiger partial charge in [0.25, 0.3) is 0 Å². The van der Waals surface area contributed by atoms with Crippen LogP contribution in [0.5, 0.6) is 23.0 Å². The third kappa shape index (κ3) is 12.9. The van der Waals surface area contributed by atoms with Crippen LogP contribution in [-0.4, -0.2) is 71.1 Å². The van der Waals surface area contributed by atoms with E-state index in [1.54, 1.807) is 36.7 Å². The molecule has 2 atom stereocenters. The van der Waals surface area contributed by atoms with Gasteiger partial charge in [-0.25, -0.2) is 0 Å². The van der Waals surface area contributed by atoms with Crippen LogP contribution in [-0.2, 0) is 58.6 Å². The molecular formula is C58H58Cl2N6O8. The van der Waals surface area contributed by atoms with Crippen molar-refractivity contribution < 1.29 is 38.0 Å². The van der Waals surface area contributed by atoms with Crippen molar-refractivity contribution in [2.24, 2.45) is 0 Å². The Balaban J connectivity index is 1.01. The van der Waals surface area contributed by atoms with E-state index in [0.29, 0.717) is 83.2 Å². The van der Waals surface area contributed by atoms with Crippen molar-refractivity contribution in [2.45, 2.75) is 104 Å². The number of piperidine rings is 2. The zero-order chi connectivity index (χ0) is 52.1. The molecule has 2 fully saturated rings. The SMILES string of the molecule is COC(=O)[C@@H]1CCCCN1Cc1cc(Cl)c(OCc2cccc(-c3cccc(COc4cc(OCc5cncc(C#N)c5)c(CN5CCCC[C@H]5C(=O)OC)cc4Cl)c3C)c2C)cc1OCc1cncc(C#N)c1. The number of nitrogens with zero attached hydrogens (tertiary/aromatic N) is 6. The van der Waals surface area contributed by atoms with Crippen LogP contribution in [0.1, 0.15) is 94.2 Å². The van der Waals surface area contributed by atoms with E-state index in [-0.39, 0.29) is 50.4 Å². The molecule has 2 aromatic heterocycles. The van der Waals surface area contributed by atoms with Crippen molar-refractivity contribution in [3.63, 3.8) is 0 Å². The summed E-state index contributed by atoms with van der Waals surface area (Å²) in [4.78, 5) is 38.2. The Morgan fingerprint density at radius 2 is 0.986 bits per heavy atom. The molecule has 4 aromatic carbocycles. The number of esters is 2. The predicted molar refractivity (Wildman–Crippen MR) is 280 cm³/mol. The summed E-state index contributed by atoms with van der Waals surface area (Å²) in [5.41, 5.74) is 9.90. The Labute approximate surface area is 442 Å². The lowest BCUT2D eigenvalue weighted by Crippen LogP contribution is -2.44. The van der Waals surface area contributed by atoms with E-state index >= 15 is 0 Å². The quantitative estimate of drug-likeness (QED) is 0.0702. The van der Waals surface area contributed by atoms with Gasteiger partial charge in [0.1, 0.15) is 73.6 Å². The number of nitriles is 2. The molecule has 4 heterocycles. The van der Waals surface area contributed by atoms with Crippen LogP contribution in [0.25, 0.3) is 11.1 Å². The first kappa shape index (κ1) is 53.1. The Morgan fingerprint density at radius 3 is 1.39 bits per heavy atom. The maximum atomic E-state index is 12.8. The summed E-state index contributed by atoms with van der Waals surface area (Å²) in [5.74, 6) is 1.39. The number of halogens is 2. The van der Waals surface area contributed by atoms with Crippen molar-refractivity contribution in [3.05, 3.63) is 163 Å². The van der Waals surface area contributed by atoms with Gasteiger partial charge in [0.15, 0.2) is 0 Å². The van der Waals surface area contributed by atoms with Crippen LogP contribution in [0.4, 0.5) is 0 Å². The highest BCUT2D eigenvalue weighted by Crippen LogP contribution is 2.39. The summed E-state index contributed by atoms with van der Waals surface area (Å²) >= 11 is 14.0. The van der Waals surface area contributed by atoms with Crippen molar-refractivity contribution in [1.82, 2.24) is 19.8 Å². The first-order valence-electron chi connectivity index (χ1n) is 24.6. The van der Waals surface area contributed by atoms with Crippen molar-refractivity contribution >= 4 is 35.1 Å². The topological polar surface area (TPSA) is 169 Å². The molecule has 0 bridgehead atoms. The van der Waals surface area contributed by atoms with Crippen LogP contribution in [0, 0.1) is 36.5 Å². The van der Waals surface area contributed by atoms with Crippen LogP contribution >= 0.6 is 23.2 Å². The normalized spacial score (nSPS) is 15.8. The standard InChI is InChI=1S/C58H58Cl2N6O8/c1-37-43(35-73-55-23-53(71-33-41-19-39(25-61)27-63-29-41)45(21-49(55)59)31-65-17-7-5-15-51(65)57(67)69-3)11-9-13-47(37)48-14-10-12-44(38(48)2)36-74-56-24-54(72-34-42-20-40(26-62)28-64-30-42)46(22-50(56)60)32-66-18-8-6-16-52(66)58(68)70-4/h9-14,19-24,27-30,51-52H,5-8,15-18,31-36H2,1-4H3/t51-,52-/m0/s1. The van der Waals surface area contributed by atoms with Gasteiger partial charge in [-0.3, -0.25) is 29.4 Å². The molecule has 0 amide bonds. The Morgan fingerprint density at radius 1 is 0.568 bits per heavy atom. The van der Waals surface area contributed by atoms with E-state index in [4.69, 9.17) is 51.6 Å². The second kappa shape index (κ2) is 25.2. The maximum Gasteiger partial charge on any atom is 0.323 e. The first-order valence-corrected chi connectivity index (χ1v) is 25.4. The number of hydrogen-bond acceptors (Lipinski definition) is 14. The van der Waals surface area contributed by atoms with E-state index in [2.05, 4.69) is 57.9 Å². The molecule has 0 radical (unpaired) electrons. The van der Waals surface area contributed by atoms with Crippen molar-refractivity contribution in [2.75, 3.05) is 27.3 Å². The number of rotatable bonds is 19. The van der Waals surface area contributed by atoms with Crippen LogP contribution < -0.4 is 18.9 Å². The molecule has 0 N–H and O–H groups in total. The average molecular weight is 1040 g/mol. The van der Waals surface area contributed by atoms with Gasteiger partial charge in [-0.05, 0) is 110 Å². The molecular weight excluding hydrogens is 980 g/mol. The molecule has 16 heteroatoms. The zero-order valence-corrected chi connectivity index (χ0v) is 43.5. The van der Waals surface area contributed by atoms with Gasteiger partial charge >= 0.3 is 11.9 Å². The lowest BCUT2D eigenvalue weighted by Gasteiger charge is -2.34. The molecule has 382 valence electrons. The molecule has 2 saturated heterocycles. The molecule has 0 spiro atoms. The summed E-state index contributed by atoms with van der Waals surface area (Å²) in [5, 5.41) is 19.7. The predicted octanol–water partition coefficient (Wildman–Crippen LogP) is 11.2. The molecule has 0 saturated carbocycles. The highest BCUT2D eigenvalue weighted by molar-refractivity contribution is 6.32. The second-order valence-corrected chi connectivity index (χ2v) is 19.3. The van der Waals surface area contributed by atoms with Crippen molar-refractivity contribution in [1.29, 1.82) is 10.5 Å². The van der Waals surface area contributed by atoms with Crippen LogP contribution in [0.15, 0.2) is 97.6 Å². The van der Waals surface area contributed by atoms with E-state index < -0.39 is 0 Å². The lowest BCUT2D eigenvalue weighted by molar-refractivity contribution is -0.149. The summed E-state index contributed by atoms with van der Waals surface area (Å²) in [6, 6.07) is 26.5. The van der Waals surface area contributed by atoms with E-state index in [0.717, 1.165) is 81.3 Å². The number of pyridine rings is 2. The fourth-order valence-corrected chi connectivity index (χ4v) is 10.1. The van der Waals surface area contributed by atoms with Crippen LogP contribution in [0.3, 0.4) is 0 Å². The van der Waals surface area contributed by atoms with Crippen molar-refractivity contribution in [3.8, 4) is 46.3 Å². The number of likely N-dealkylation sites (tertiary alicyclic amines) is 2. The van der Waals surface area contributed by atoms with E-state index in [9.17, 15) is 20.1 Å². The highest BCUT2D eigenvalue weighted by atomic mass is 35.5. The monoisotopic (exact) mass is 1040 g/mol. The zero-order valence-electron chi connectivity index (χ0n) is 42.0. The number of ether oxygens (including phenoxy) is 6. The third-order valence-corrected chi connectivity index (χ3v) is 14.3. The molecule has 14 nitrogen and oxygen atoms in total. The number of carbonyl (C=O) groups is 2. The average Bonchev–Trinajstić information content (AvgIpc) is 3.42. The fraction of sp³-hybridized carbons (Fsp3) is 0.345. The molecule has 8 rings (SSSR count). The molecule has 6 aromatic rings. The van der Waals surface area contributed by atoms with Gasteiger partial charge in [0.05, 0.1) is 35.4 Å². The summed E-state index contributed by atoms with van der Waals surface area (Å²) in [7, 11) is 2.82.